The molecule has 0 aliphatic carbocycles. The van der Waals surface area contributed by atoms with E-state index in [9.17, 15) is 4.79 Å². The van der Waals surface area contributed by atoms with Gasteiger partial charge in [0, 0.05) is 5.56 Å². The number of H-pyrrole nitrogens is 1. The summed E-state index contributed by atoms with van der Waals surface area (Å²) in [6.07, 6.45) is 0. The van der Waals surface area contributed by atoms with E-state index in [1.54, 1.807) is 13.2 Å². The number of para-hydroxylation sites is 1. The number of nitrogens with zero attached hydrogens (tertiary/aromatic N) is 1. The second-order valence-electron chi connectivity index (χ2n) is 3.45. The second kappa shape index (κ2) is 4.18. The Hall–Kier alpha value is -2.10. The number of hydrogen-bond acceptors (Lipinski definition) is 3. The predicted molar refractivity (Wildman–Crippen MR) is 61.6 cm³/mol. The number of hydrogen-bond donors (Lipinski definition) is 1. The minimum Gasteiger partial charge on any atom is -0.496 e. The first-order valence-electron chi connectivity index (χ1n) is 4.92. The van der Waals surface area contributed by atoms with E-state index < -0.39 is 0 Å². The second-order valence-corrected chi connectivity index (χ2v) is 3.45. The van der Waals surface area contributed by atoms with E-state index in [-0.39, 0.29) is 5.56 Å². The molecule has 0 atom stereocenters. The van der Waals surface area contributed by atoms with Crippen molar-refractivity contribution in [3.63, 3.8) is 0 Å². The van der Waals surface area contributed by atoms with Gasteiger partial charge in [-0.2, -0.15) is 5.10 Å². The SMILES string of the molecule is COc1ccccc1-c1cc(C)n[nH]c1=O. The monoisotopic (exact) mass is 216 g/mol. The van der Waals surface area contributed by atoms with Crippen molar-refractivity contribution in [1.82, 2.24) is 10.2 Å². The third-order valence-electron chi connectivity index (χ3n) is 2.33. The average Bonchev–Trinajstić information content (AvgIpc) is 2.32. The zero-order chi connectivity index (χ0) is 11.5. The molecule has 1 N–H and O–H groups in total. The molecule has 0 aliphatic heterocycles. The number of aromatic nitrogens is 2. The summed E-state index contributed by atoms with van der Waals surface area (Å²) in [5, 5.41) is 6.30. The number of aryl methyl sites for hydroxylation is 1. The van der Waals surface area contributed by atoms with Gasteiger partial charge in [0.05, 0.1) is 18.4 Å². The number of ether oxygens (including phenoxy) is 1. The van der Waals surface area contributed by atoms with Gasteiger partial charge in [0.15, 0.2) is 0 Å². The Kier molecular flexibility index (Phi) is 2.72. The van der Waals surface area contributed by atoms with E-state index in [2.05, 4.69) is 10.2 Å². The van der Waals surface area contributed by atoms with E-state index in [0.29, 0.717) is 11.3 Å². The van der Waals surface area contributed by atoms with Crippen molar-refractivity contribution in [2.24, 2.45) is 0 Å². The van der Waals surface area contributed by atoms with Gasteiger partial charge in [-0.15, -0.1) is 0 Å². The van der Waals surface area contributed by atoms with Crippen LogP contribution in [0.4, 0.5) is 0 Å². The number of nitrogens with one attached hydrogen (secondary N) is 1. The number of aromatic amines is 1. The lowest BCUT2D eigenvalue weighted by molar-refractivity contribution is 0.416. The van der Waals surface area contributed by atoms with Crippen LogP contribution < -0.4 is 10.3 Å². The van der Waals surface area contributed by atoms with E-state index in [4.69, 9.17) is 4.74 Å². The largest absolute Gasteiger partial charge is 0.496 e. The molecule has 2 aromatic rings. The zero-order valence-electron chi connectivity index (χ0n) is 9.15. The summed E-state index contributed by atoms with van der Waals surface area (Å²) >= 11 is 0. The summed E-state index contributed by atoms with van der Waals surface area (Å²) in [5.74, 6) is 0.679. The van der Waals surface area contributed by atoms with Crippen LogP contribution in [0.3, 0.4) is 0 Å². The number of benzene rings is 1. The number of rotatable bonds is 2. The topological polar surface area (TPSA) is 55.0 Å². The van der Waals surface area contributed by atoms with Crippen LogP contribution in [0.25, 0.3) is 11.1 Å². The fourth-order valence-corrected chi connectivity index (χ4v) is 1.57. The Bertz CT molecular complexity index is 561. The number of methoxy groups -OCH3 is 1. The highest BCUT2D eigenvalue weighted by Gasteiger charge is 2.09. The van der Waals surface area contributed by atoms with Gasteiger partial charge in [-0.25, -0.2) is 5.10 Å². The Morgan fingerprint density at radius 1 is 1.25 bits per heavy atom. The minimum absolute atomic E-state index is 0.213. The van der Waals surface area contributed by atoms with Crippen molar-refractivity contribution < 1.29 is 4.74 Å². The highest BCUT2D eigenvalue weighted by molar-refractivity contribution is 5.69. The first kappa shape index (κ1) is 10.4. The molecule has 0 radical (unpaired) electrons. The molecule has 1 aromatic carbocycles. The molecule has 0 saturated carbocycles. The molecule has 1 heterocycles. The van der Waals surface area contributed by atoms with Crippen molar-refractivity contribution in [2.75, 3.05) is 7.11 Å². The van der Waals surface area contributed by atoms with Gasteiger partial charge in [-0.1, -0.05) is 18.2 Å². The third-order valence-corrected chi connectivity index (χ3v) is 2.33. The lowest BCUT2D eigenvalue weighted by atomic mass is 10.1. The Morgan fingerprint density at radius 2 is 2.00 bits per heavy atom. The molecule has 82 valence electrons. The Morgan fingerprint density at radius 3 is 2.75 bits per heavy atom. The summed E-state index contributed by atoms with van der Waals surface area (Å²) in [6.45, 7) is 1.83. The van der Waals surface area contributed by atoms with Gasteiger partial charge < -0.3 is 4.74 Å². The zero-order valence-corrected chi connectivity index (χ0v) is 9.15. The molecule has 0 bridgehead atoms. The van der Waals surface area contributed by atoms with Gasteiger partial charge in [0.1, 0.15) is 5.75 Å². The summed E-state index contributed by atoms with van der Waals surface area (Å²) in [6, 6.07) is 9.15. The summed E-state index contributed by atoms with van der Waals surface area (Å²) in [4.78, 5) is 11.7. The minimum atomic E-state index is -0.213. The molecular weight excluding hydrogens is 204 g/mol. The van der Waals surface area contributed by atoms with Crippen LogP contribution in [0.1, 0.15) is 5.69 Å². The van der Waals surface area contributed by atoms with Crippen LogP contribution in [0.2, 0.25) is 0 Å². The summed E-state index contributed by atoms with van der Waals surface area (Å²) < 4.78 is 5.22. The molecule has 0 spiro atoms. The maximum absolute atomic E-state index is 11.7. The van der Waals surface area contributed by atoms with E-state index in [1.807, 2.05) is 31.2 Å². The maximum Gasteiger partial charge on any atom is 0.272 e. The van der Waals surface area contributed by atoms with Gasteiger partial charge in [-0.3, -0.25) is 4.79 Å². The van der Waals surface area contributed by atoms with Crippen molar-refractivity contribution in [3.05, 3.63) is 46.4 Å². The quantitative estimate of drug-likeness (QED) is 0.832. The van der Waals surface area contributed by atoms with Crippen LogP contribution in [0.5, 0.6) is 5.75 Å². The van der Waals surface area contributed by atoms with Crippen molar-refractivity contribution in [1.29, 1.82) is 0 Å². The van der Waals surface area contributed by atoms with Crippen molar-refractivity contribution >= 4 is 0 Å². The lowest BCUT2D eigenvalue weighted by Crippen LogP contribution is -2.11. The molecule has 16 heavy (non-hydrogen) atoms. The standard InChI is InChI=1S/C12H12N2O2/c1-8-7-10(12(15)14-13-8)9-5-3-4-6-11(9)16-2/h3-7H,1-2H3,(H,14,15). The first-order valence-corrected chi connectivity index (χ1v) is 4.92. The van der Waals surface area contributed by atoms with E-state index in [0.717, 1.165) is 11.3 Å². The maximum atomic E-state index is 11.7. The summed E-state index contributed by atoms with van der Waals surface area (Å²) in [7, 11) is 1.58. The molecule has 0 saturated heterocycles. The van der Waals surface area contributed by atoms with Crippen LogP contribution >= 0.6 is 0 Å². The van der Waals surface area contributed by atoms with Gasteiger partial charge in [0.2, 0.25) is 0 Å². The summed E-state index contributed by atoms with van der Waals surface area (Å²) in [5.41, 5.74) is 1.90. The van der Waals surface area contributed by atoms with Crippen molar-refractivity contribution in [2.45, 2.75) is 6.92 Å². The fourth-order valence-electron chi connectivity index (χ4n) is 1.57. The van der Waals surface area contributed by atoms with Crippen LogP contribution in [0, 0.1) is 6.92 Å². The van der Waals surface area contributed by atoms with Gasteiger partial charge >= 0.3 is 0 Å². The molecular formula is C12H12N2O2. The molecule has 0 unspecified atom stereocenters. The van der Waals surface area contributed by atoms with Crippen molar-refractivity contribution in [3.8, 4) is 16.9 Å². The molecule has 4 heteroatoms. The van der Waals surface area contributed by atoms with Gasteiger partial charge in [0.25, 0.3) is 5.56 Å². The van der Waals surface area contributed by atoms with Crippen LogP contribution in [-0.4, -0.2) is 17.3 Å². The van der Waals surface area contributed by atoms with Crippen LogP contribution in [0.15, 0.2) is 35.1 Å². The third kappa shape index (κ3) is 1.82. The Balaban J connectivity index is 2.67. The lowest BCUT2D eigenvalue weighted by Gasteiger charge is -2.07. The molecule has 0 aliphatic rings. The Labute approximate surface area is 92.9 Å². The smallest absolute Gasteiger partial charge is 0.272 e. The highest BCUT2D eigenvalue weighted by Crippen LogP contribution is 2.26. The van der Waals surface area contributed by atoms with E-state index in [1.165, 1.54) is 0 Å². The fraction of sp³-hybridized carbons (Fsp3) is 0.167. The highest BCUT2D eigenvalue weighted by atomic mass is 16.5. The van der Waals surface area contributed by atoms with E-state index >= 15 is 0 Å². The molecule has 0 amide bonds. The molecule has 2 rings (SSSR count). The average molecular weight is 216 g/mol. The van der Waals surface area contributed by atoms with Gasteiger partial charge in [-0.05, 0) is 19.1 Å². The molecule has 4 nitrogen and oxygen atoms in total. The molecule has 0 fully saturated rings. The first-order chi connectivity index (χ1) is 7.72. The normalized spacial score (nSPS) is 10.1. The predicted octanol–water partition coefficient (Wildman–Crippen LogP) is 1.75. The molecule has 1 aromatic heterocycles. The van der Waals surface area contributed by atoms with Crippen LogP contribution in [-0.2, 0) is 0 Å².